The molecule has 354 valence electrons. The van der Waals surface area contributed by atoms with Gasteiger partial charge in [0.25, 0.3) is 0 Å². The first-order valence-corrected chi connectivity index (χ1v) is 26.0. The molecule has 4 nitrogen and oxygen atoms in total. The van der Waals surface area contributed by atoms with Gasteiger partial charge in [-0.25, -0.2) is 9.97 Å². The van der Waals surface area contributed by atoms with Crippen molar-refractivity contribution in [2.75, 3.05) is 0 Å². The zero-order chi connectivity index (χ0) is 50.0. The first kappa shape index (κ1) is 42.6. The van der Waals surface area contributed by atoms with Crippen molar-refractivity contribution in [2.24, 2.45) is 0 Å². The average molecular weight is 969 g/mol. The molecule has 0 amide bonds. The zero-order valence-corrected chi connectivity index (χ0v) is 41.1. The largest absolute Gasteiger partial charge is 0.457 e. The Labute approximate surface area is 439 Å². The first-order chi connectivity index (χ1) is 37.7. The number of hydrogen-bond acceptors (Lipinski definition) is 4. The topological polar surface area (TPSA) is 48.2 Å². The molecule has 0 saturated heterocycles. The summed E-state index contributed by atoms with van der Waals surface area (Å²) in [4.78, 5) is 10.5. The van der Waals surface area contributed by atoms with E-state index in [2.05, 4.69) is 249 Å². The van der Waals surface area contributed by atoms with Crippen molar-refractivity contribution in [3.63, 3.8) is 0 Å². The van der Waals surface area contributed by atoms with Gasteiger partial charge in [0.1, 0.15) is 22.7 Å². The molecule has 2 spiro atoms. The number of benzene rings is 11. The normalized spacial score (nSPS) is 13.8. The summed E-state index contributed by atoms with van der Waals surface area (Å²) in [5.41, 5.74) is 22.1. The predicted octanol–water partition coefficient (Wildman–Crippen LogP) is 17.9. The van der Waals surface area contributed by atoms with Crippen molar-refractivity contribution in [1.82, 2.24) is 9.97 Å². The molecule has 0 fully saturated rings. The Morgan fingerprint density at radius 2 is 0.737 bits per heavy atom. The van der Waals surface area contributed by atoms with Crippen molar-refractivity contribution in [3.8, 4) is 78.8 Å². The molecule has 13 aromatic rings. The molecule has 2 aromatic heterocycles. The quantitative estimate of drug-likeness (QED) is 0.172. The van der Waals surface area contributed by atoms with Crippen LogP contribution >= 0.6 is 0 Å². The Bertz CT molecular complexity index is 4400. The minimum atomic E-state index is -0.702. The van der Waals surface area contributed by atoms with E-state index in [1.54, 1.807) is 0 Å². The fraction of sp³-hybridized carbons (Fsp3) is 0.0278. The van der Waals surface area contributed by atoms with Crippen LogP contribution in [0.25, 0.3) is 89.2 Å². The molecule has 0 unspecified atom stereocenters. The third-order valence-electron chi connectivity index (χ3n) is 16.5. The molecule has 16 rings (SSSR count). The maximum absolute atomic E-state index is 6.96. The maximum atomic E-state index is 6.96. The molecule has 0 bridgehead atoms. The van der Waals surface area contributed by atoms with Crippen LogP contribution in [0, 0.1) is 0 Å². The van der Waals surface area contributed by atoms with Crippen LogP contribution in [0.4, 0.5) is 0 Å². The Morgan fingerprint density at radius 1 is 0.276 bits per heavy atom. The minimum absolute atomic E-state index is 0.527. The van der Waals surface area contributed by atoms with E-state index in [-0.39, 0.29) is 0 Å². The third kappa shape index (κ3) is 5.95. The highest BCUT2D eigenvalue weighted by atomic mass is 16.5. The SMILES string of the molecule is c1ccc(-c2cc(-c3ccc(-c4cccc5c4oc4ccccc45)cc3)nc(-c3ccc(-c4ccc5c(c4)C4(c6ccccc6O5)c5ccccc5C5(c6ccccc6-c6ccccc65)c5ccccc54)cc3)n2)cc1. The van der Waals surface area contributed by atoms with E-state index >= 15 is 0 Å². The summed E-state index contributed by atoms with van der Waals surface area (Å²) in [5, 5.41) is 2.23. The van der Waals surface area contributed by atoms with Crippen LogP contribution in [0.15, 0.2) is 271 Å². The van der Waals surface area contributed by atoms with Gasteiger partial charge in [0, 0.05) is 44.2 Å². The fourth-order valence-corrected chi connectivity index (χ4v) is 13.3. The number of rotatable bonds is 5. The summed E-state index contributed by atoms with van der Waals surface area (Å²) >= 11 is 0. The highest BCUT2D eigenvalue weighted by molar-refractivity contribution is 6.09. The fourth-order valence-electron chi connectivity index (χ4n) is 13.3. The summed E-state index contributed by atoms with van der Waals surface area (Å²) in [6, 6.07) is 96.2. The lowest BCUT2D eigenvalue weighted by molar-refractivity contribution is 0.429. The first-order valence-electron chi connectivity index (χ1n) is 26.0. The number of ether oxygens (including phenoxy) is 1. The number of fused-ring (bicyclic) bond motifs is 18. The van der Waals surface area contributed by atoms with Gasteiger partial charge in [0.2, 0.25) is 0 Å². The molecule has 0 atom stereocenters. The molecule has 1 aliphatic heterocycles. The van der Waals surface area contributed by atoms with Crippen molar-refractivity contribution in [1.29, 1.82) is 0 Å². The molecule has 76 heavy (non-hydrogen) atoms. The van der Waals surface area contributed by atoms with Crippen LogP contribution in [0.2, 0.25) is 0 Å². The molecule has 11 aromatic carbocycles. The molecule has 4 heteroatoms. The molecule has 0 saturated carbocycles. The standard InChI is InChI=1S/C72H44N2O2/c1-2-17-47(18-3-1)64-44-65(48-37-35-46(36-38-48)51-22-16-23-55-54-21-6-14-31-66(54)76-69(51)55)74-70(73-64)49-39-33-45(34-40-49)50-41-42-68-63(43-50)72(62-30-13-15-32-67(62)75-68)60-28-11-9-26-58(60)71(59-27-10-12-29-61(59)72)56-24-7-4-19-52(56)53-20-5-8-25-57(53)71/h1-44H. The molecule has 3 aliphatic rings. The molecule has 2 aliphatic carbocycles. The van der Waals surface area contributed by atoms with Gasteiger partial charge in [-0.2, -0.15) is 0 Å². The smallest absolute Gasteiger partial charge is 0.160 e. The summed E-state index contributed by atoms with van der Waals surface area (Å²) < 4.78 is 13.4. The highest BCUT2D eigenvalue weighted by Crippen LogP contribution is 2.67. The number of para-hydroxylation sites is 3. The Morgan fingerprint density at radius 3 is 1.41 bits per heavy atom. The molecule has 0 radical (unpaired) electrons. The van der Waals surface area contributed by atoms with Gasteiger partial charge < -0.3 is 9.15 Å². The Kier molecular flexibility index (Phi) is 9.13. The molecule has 0 N–H and O–H groups in total. The van der Waals surface area contributed by atoms with Crippen LogP contribution < -0.4 is 4.74 Å². The van der Waals surface area contributed by atoms with Gasteiger partial charge in [-0.3, -0.25) is 0 Å². The van der Waals surface area contributed by atoms with E-state index in [1.807, 2.05) is 18.2 Å². The van der Waals surface area contributed by atoms with Gasteiger partial charge in [-0.15, -0.1) is 0 Å². The maximum Gasteiger partial charge on any atom is 0.160 e. The minimum Gasteiger partial charge on any atom is -0.457 e. The lowest BCUT2D eigenvalue weighted by atomic mass is 9.51. The van der Waals surface area contributed by atoms with Crippen molar-refractivity contribution < 1.29 is 9.15 Å². The van der Waals surface area contributed by atoms with Crippen molar-refractivity contribution in [2.45, 2.75) is 10.8 Å². The van der Waals surface area contributed by atoms with Gasteiger partial charge >= 0.3 is 0 Å². The van der Waals surface area contributed by atoms with E-state index in [9.17, 15) is 0 Å². The third-order valence-corrected chi connectivity index (χ3v) is 16.5. The lowest BCUT2D eigenvalue weighted by Crippen LogP contribution is -2.45. The van der Waals surface area contributed by atoms with Crippen molar-refractivity contribution >= 4 is 21.9 Å². The molecular formula is C72H44N2O2. The van der Waals surface area contributed by atoms with Gasteiger partial charge in [0.15, 0.2) is 5.82 Å². The van der Waals surface area contributed by atoms with E-state index in [4.69, 9.17) is 19.1 Å². The summed E-state index contributed by atoms with van der Waals surface area (Å²) in [6.45, 7) is 0. The van der Waals surface area contributed by atoms with E-state index in [0.29, 0.717) is 5.82 Å². The molecular weight excluding hydrogens is 925 g/mol. The monoisotopic (exact) mass is 968 g/mol. The lowest BCUT2D eigenvalue weighted by Gasteiger charge is -2.51. The summed E-state index contributed by atoms with van der Waals surface area (Å²) in [6.07, 6.45) is 0. The van der Waals surface area contributed by atoms with Gasteiger partial charge in [-0.1, -0.05) is 237 Å². The predicted molar refractivity (Wildman–Crippen MR) is 306 cm³/mol. The van der Waals surface area contributed by atoms with Gasteiger partial charge in [-0.05, 0) is 91.5 Å². The average Bonchev–Trinajstić information content (AvgIpc) is 4.14. The number of aromatic nitrogens is 2. The van der Waals surface area contributed by atoms with Crippen LogP contribution in [0.1, 0.15) is 44.5 Å². The Balaban J connectivity index is 0.819. The van der Waals surface area contributed by atoms with Crippen LogP contribution in [-0.4, -0.2) is 9.97 Å². The van der Waals surface area contributed by atoms with Gasteiger partial charge in [0.05, 0.1) is 22.2 Å². The summed E-state index contributed by atoms with van der Waals surface area (Å²) in [7, 11) is 0. The van der Waals surface area contributed by atoms with Crippen LogP contribution in [-0.2, 0) is 10.8 Å². The number of nitrogens with zero attached hydrogens (tertiary/aromatic N) is 2. The molecule has 3 heterocycles. The van der Waals surface area contributed by atoms with Crippen LogP contribution in [0.3, 0.4) is 0 Å². The second kappa shape index (κ2) is 16.3. The number of hydrogen-bond donors (Lipinski definition) is 0. The highest BCUT2D eigenvalue weighted by Gasteiger charge is 2.58. The van der Waals surface area contributed by atoms with E-state index in [0.717, 1.165) is 94.9 Å². The van der Waals surface area contributed by atoms with Crippen molar-refractivity contribution in [3.05, 3.63) is 311 Å². The van der Waals surface area contributed by atoms with E-state index < -0.39 is 10.8 Å². The summed E-state index contributed by atoms with van der Waals surface area (Å²) in [5.74, 6) is 2.38. The second-order valence-corrected chi connectivity index (χ2v) is 20.3. The Hall–Kier alpha value is -9.90. The zero-order valence-electron chi connectivity index (χ0n) is 41.1. The van der Waals surface area contributed by atoms with Crippen LogP contribution in [0.5, 0.6) is 11.5 Å². The van der Waals surface area contributed by atoms with E-state index in [1.165, 1.54) is 44.5 Å². The second-order valence-electron chi connectivity index (χ2n) is 20.3. The number of furan rings is 1.